The van der Waals surface area contributed by atoms with Crippen molar-refractivity contribution in [3.8, 4) is 22.4 Å². The minimum Gasteiger partial charge on any atom is -0.235 e. The standard InChI is InChI=1S/C20H17F4N3O2S/c1-3-10-27-19(20(22,23)24)17(13-9-8-12(2)15(21)11-13)18(26-27)14-6-4-5-7-16(14)30(25,28)29/h3-11H,1-2H3,(H2,25,28,29). The van der Waals surface area contributed by atoms with Crippen LogP contribution in [0, 0.1) is 12.7 Å². The highest BCUT2D eigenvalue weighted by atomic mass is 32.2. The molecule has 0 radical (unpaired) electrons. The van der Waals surface area contributed by atoms with E-state index in [2.05, 4.69) is 5.10 Å². The van der Waals surface area contributed by atoms with Gasteiger partial charge in [-0.15, -0.1) is 0 Å². The Bertz CT molecular complexity index is 1250. The van der Waals surface area contributed by atoms with E-state index >= 15 is 0 Å². The molecule has 0 aliphatic heterocycles. The van der Waals surface area contributed by atoms with Crippen LogP contribution in [0.1, 0.15) is 18.2 Å². The van der Waals surface area contributed by atoms with Gasteiger partial charge >= 0.3 is 6.18 Å². The fraction of sp³-hybridized carbons (Fsp3) is 0.150. The lowest BCUT2D eigenvalue weighted by Gasteiger charge is -2.12. The van der Waals surface area contributed by atoms with Crippen molar-refractivity contribution in [2.75, 3.05) is 0 Å². The van der Waals surface area contributed by atoms with Crippen LogP contribution < -0.4 is 5.14 Å². The Kier molecular flexibility index (Phi) is 5.57. The number of nitrogens with two attached hydrogens (primary N) is 1. The van der Waals surface area contributed by atoms with E-state index in [1.165, 1.54) is 56.3 Å². The summed E-state index contributed by atoms with van der Waals surface area (Å²) < 4.78 is 81.0. The highest BCUT2D eigenvalue weighted by Gasteiger charge is 2.41. The van der Waals surface area contributed by atoms with Crippen LogP contribution in [0.2, 0.25) is 0 Å². The van der Waals surface area contributed by atoms with Gasteiger partial charge in [0, 0.05) is 17.3 Å². The van der Waals surface area contributed by atoms with Crippen LogP contribution in [0.5, 0.6) is 0 Å². The Morgan fingerprint density at radius 1 is 1.13 bits per heavy atom. The van der Waals surface area contributed by atoms with Crippen molar-refractivity contribution in [3.05, 3.63) is 65.6 Å². The molecule has 2 N–H and O–H groups in total. The number of halogens is 4. The van der Waals surface area contributed by atoms with Crippen LogP contribution in [-0.4, -0.2) is 18.2 Å². The molecule has 10 heteroatoms. The molecular formula is C20H17F4N3O2S. The summed E-state index contributed by atoms with van der Waals surface area (Å²) >= 11 is 0. The molecule has 1 aromatic heterocycles. The van der Waals surface area contributed by atoms with Gasteiger partial charge in [0.05, 0.1) is 4.90 Å². The minimum absolute atomic E-state index is 0.0969. The van der Waals surface area contributed by atoms with Gasteiger partial charge in [-0.05, 0) is 37.1 Å². The van der Waals surface area contributed by atoms with Crippen LogP contribution in [0.3, 0.4) is 0 Å². The fourth-order valence-electron chi connectivity index (χ4n) is 3.08. The molecular weight excluding hydrogens is 422 g/mol. The molecule has 2 aromatic carbocycles. The van der Waals surface area contributed by atoms with E-state index in [4.69, 9.17) is 5.14 Å². The molecule has 1 heterocycles. The predicted molar refractivity (Wildman–Crippen MR) is 105 cm³/mol. The van der Waals surface area contributed by atoms with Crippen LogP contribution in [-0.2, 0) is 16.2 Å². The van der Waals surface area contributed by atoms with E-state index in [1.807, 2.05) is 0 Å². The van der Waals surface area contributed by atoms with Gasteiger partial charge in [0.1, 0.15) is 11.5 Å². The summed E-state index contributed by atoms with van der Waals surface area (Å²) in [6.07, 6.45) is -2.44. The molecule has 0 aliphatic rings. The number of rotatable bonds is 4. The highest BCUT2D eigenvalue weighted by Crippen LogP contribution is 2.44. The van der Waals surface area contributed by atoms with Crippen molar-refractivity contribution in [1.82, 2.24) is 9.78 Å². The number of alkyl halides is 3. The molecule has 30 heavy (non-hydrogen) atoms. The zero-order valence-electron chi connectivity index (χ0n) is 15.9. The molecule has 0 aliphatic carbocycles. The SMILES string of the molecule is CC=Cn1nc(-c2ccccc2S(N)(=O)=O)c(-c2ccc(C)c(F)c2)c1C(F)(F)F. The second-order valence-electron chi connectivity index (χ2n) is 6.50. The molecule has 0 spiro atoms. The Balaban J connectivity index is 2.50. The molecule has 0 saturated heterocycles. The monoisotopic (exact) mass is 439 g/mol. The molecule has 3 rings (SSSR count). The third kappa shape index (κ3) is 4.01. The number of hydrogen-bond acceptors (Lipinski definition) is 3. The third-order valence-electron chi connectivity index (χ3n) is 4.38. The van der Waals surface area contributed by atoms with E-state index in [9.17, 15) is 26.0 Å². The summed E-state index contributed by atoms with van der Waals surface area (Å²) in [6, 6.07) is 8.95. The number of sulfonamides is 1. The van der Waals surface area contributed by atoms with Gasteiger partial charge < -0.3 is 0 Å². The summed E-state index contributed by atoms with van der Waals surface area (Å²) in [5.74, 6) is -0.704. The average molecular weight is 439 g/mol. The van der Waals surface area contributed by atoms with Crippen LogP contribution in [0.4, 0.5) is 17.6 Å². The first-order valence-corrected chi connectivity index (χ1v) is 10.2. The normalized spacial score (nSPS) is 12.6. The zero-order chi connectivity index (χ0) is 22.3. The summed E-state index contributed by atoms with van der Waals surface area (Å²) in [7, 11) is -4.27. The molecule has 0 saturated carbocycles. The fourth-order valence-corrected chi connectivity index (χ4v) is 3.82. The number of primary sulfonamides is 1. The van der Waals surface area contributed by atoms with Crippen LogP contribution in [0.15, 0.2) is 53.4 Å². The summed E-state index contributed by atoms with van der Waals surface area (Å²) in [5, 5.41) is 9.27. The number of hydrogen-bond donors (Lipinski definition) is 1. The van der Waals surface area contributed by atoms with Gasteiger partial charge in [0.15, 0.2) is 5.69 Å². The smallest absolute Gasteiger partial charge is 0.235 e. The Morgan fingerprint density at radius 3 is 2.37 bits per heavy atom. The quantitative estimate of drug-likeness (QED) is 0.592. The van der Waals surface area contributed by atoms with Gasteiger partial charge in [0.2, 0.25) is 10.0 Å². The van der Waals surface area contributed by atoms with Crippen molar-refractivity contribution in [3.63, 3.8) is 0 Å². The Morgan fingerprint density at radius 2 is 1.80 bits per heavy atom. The van der Waals surface area contributed by atoms with Gasteiger partial charge in [0.25, 0.3) is 0 Å². The summed E-state index contributed by atoms with van der Waals surface area (Å²) in [4.78, 5) is -0.391. The summed E-state index contributed by atoms with van der Waals surface area (Å²) in [5.41, 5.74) is -1.86. The topological polar surface area (TPSA) is 78.0 Å². The molecule has 0 amide bonds. The van der Waals surface area contributed by atoms with Gasteiger partial charge in [-0.3, -0.25) is 0 Å². The number of nitrogens with zero attached hydrogens (tertiary/aromatic N) is 2. The van der Waals surface area contributed by atoms with Crippen LogP contribution in [0.25, 0.3) is 28.6 Å². The van der Waals surface area contributed by atoms with Gasteiger partial charge in [-0.25, -0.2) is 22.6 Å². The first-order chi connectivity index (χ1) is 13.9. The number of aryl methyl sites for hydroxylation is 1. The number of allylic oxidation sites excluding steroid dienone is 1. The van der Waals surface area contributed by atoms with Crippen molar-refractivity contribution in [2.45, 2.75) is 24.9 Å². The number of benzene rings is 2. The van der Waals surface area contributed by atoms with Crippen LogP contribution >= 0.6 is 0 Å². The van der Waals surface area contributed by atoms with Crippen molar-refractivity contribution in [2.24, 2.45) is 5.14 Å². The van der Waals surface area contributed by atoms with E-state index in [0.29, 0.717) is 4.68 Å². The lowest BCUT2D eigenvalue weighted by atomic mass is 9.97. The summed E-state index contributed by atoms with van der Waals surface area (Å²) in [6.45, 7) is 2.98. The second-order valence-corrected chi connectivity index (χ2v) is 8.03. The molecule has 158 valence electrons. The average Bonchev–Trinajstić information content (AvgIpc) is 3.03. The Labute approximate surface area is 170 Å². The first kappa shape index (κ1) is 21.7. The van der Waals surface area contributed by atoms with Crippen molar-refractivity contribution >= 4 is 16.2 Å². The zero-order valence-corrected chi connectivity index (χ0v) is 16.7. The molecule has 0 unspecified atom stereocenters. The Hall–Kier alpha value is -2.98. The first-order valence-electron chi connectivity index (χ1n) is 8.66. The lowest BCUT2D eigenvalue weighted by molar-refractivity contribution is -0.142. The molecule has 0 fully saturated rings. The second kappa shape index (κ2) is 7.69. The van der Waals surface area contributed by atoms with E-state index in [0.717, 1.165) is 12.3 Å². The minimum atomic E-state index is -4.86. The molecule has 0 bridgehead atoms. The van der Waals surface area contributed by atoms with Crippen molar-refractivity contribution < 1.29 is 26.0 Å². The maximum atomic E-state index is 14.2. The van der Waals surface area contributed by atoms with Gasteiger partial charge in [-0.1, -0.05) is 36.4 Å². The largest absolute Gasteiger partial charge is 0.434 e. The van der Waals surface area contributed by atoms with E-state index in [1.54, 1.807) is 0 Å². The third-order valence-corrected chi connectivity index (χ3v) is 5.35. The van der Waals surface area contributed by atoms with Gasteiger partial charge in [-0.2, -0.15) is 18.3 Å². The van der Waals surface area contributed by atoms with E-state index < -0.39 is 38.2 Å². The van der Waals surface area contributed by atoms with E-state index in [-0.39, 0.29) is 22.4 Å². The number of aromatic nitrogens is 2. The maximum absolute atomic E-state index is 14.2. The molecule has 5 nitrogen and oxygen atoms in total. The molecule has 3 aromatic rings. The maximum Gasteiger partial charge on any atom is 0.434 e. The highest BCUT2D eigenvalue weighted by molar-refractivity contribution is 7.89. The molecule has 0 atom stereocenters. The van der Waals surface area contributed by atoms with Crippen molar-refractivity contribution in [1.29, 1.82) is 0 Å². The lowest BCUT2D eigenvalue weighted by Crippen LogP contribution is -2.13. The predicted octanol–water partition coefficient (Wildman–Crippen LogP) is 4.82.